The minimum Gasteiger partial charge on any atom is -0.355 e. The van der Waals surface area contributed by atoms with E-state index >= 15 is 0 Å². The van der Waals surface area contributed by atoms with Crippen LogP contribution in [0.25, 0.3) is 0 Å². The molecular formula is C14H15N3O4. The lowest BCUT2D eigenvalue weighted by molar-refractivity contribution is -0.122. The summed E-state index contributed by atoms with van der Waals surface area (Å²) in [6, 6.07) is 6.45. The van der Waals surface area contributed by atoms with E-state index in [2.05, 4.69) is 10.6 Å². The van der Waals surface area contributed by atoms with Crippen molar-refractivity contribution in [3.8, 4) is 0 Å². The molecule has 110 valence electrons. The molecule has 1 aromatic rings. The Hall–Kier alpha value is -2.70. The highest BCUT2D eigenvalue weighted by molar-refractivity contribution is 6.22. The molecule has 1 heterocycles. The molecule has 0 radical (unpaired) electrons. The number of rotatable bonds is 5. The molecule has 0 saturated carbocycles. The number of imide groups is 1. The number of carbonyl (C=O) groups excluding carboxylic acids is 4. The Morgan fingerprint density at radius 2 is 1.52 bits per heavy atom. The lowest BCUT2D eigenvalue weighted by atomic mass is 10.1. The second kappa shape index (κ2) is 6.17. The Morgan fingerprint density at radius 3 is 2.05 bits per heavy atom. The second-order valence-corrected chi connectivity index (χ2v) is 4.57. The molecular weight excluding hydrogens is 274 g/mol. The molecule has 21 heavy (non-hydrogen) atoms. The third kappa shape index (κ3) is 3.25. The first-order valence-corrected chi connectivity index (χ1v) is 6.47. The third-order valence-electron chi connectivity index (χ3n) is 3.00. The van der Waals surface area contributed by atoms with Crippen molar-refractivity contribution in [2.75, 3.05) is 19.6 Å². The van der Waals surface area contributed by atoms with E-state index in [0.29, 0.717) is 17.7 Å². The van der Waals surface area contributed by atoms with E-state index in [1.54, 1.807) is 24.3 Å². The molecule has 0 spiro atoms. The summed E-state index contributed by atoms with van der Waals surface area (Å²) in [6.07, 6.45) is 0. The minimum absolute atomic E-state index is 0.190. The van der Waals surface area contributed by atoms with Crippen LogP contribution in [0.2, 0.25) is 0 Å². The van der Waals surface area contributed by atoms with Gasteiger partial charge in [-0.25, -0.2) is 0 Å². The molecule has 0 bridgehead atoms. The van der Waals surface area contributed by atoms with Crippen molar-refractivity contribution in [1.29, 1.82) is 0 Å². The van der Waals surface area contributed by atoms with Crippen LogP contribution in [0.15, 0.2) is 24.3 Å². The zero-order valence-corrected chi connectivity index (χ0v) is 11.5. The fourth-order valence-corrected chi connectivity index (χ4v) is 2.02. The topological polar surface area (TPSA) is 95.6 Å². The summed E-state index contributed by atoms with van der Waals surface area (Å²) >= 11 is 0. The van der Waals surface area contributed by atoms with E-state index in [1.165, 1.54) is 6.92 Å². The van der Waals surface area contributed by atoms with Gasteiger partial charge >= 0.3 is 0 Å². The van der Waals surface area contributed by atoms with Gasteiger partial charge in [-0.15, -0.1) is 0 Å². The molecule has 0 fully saturated rings. The van der Waals surface area contributed by atoms with Gasteiger partial charge in [-0.2, -0.15) is 0 Å². The SMILES string of the molecule is CC(=O)NCCNC(=O)CN1C(=O)c2ccccc2C1=O. The lowest BCUT2D eigenvalue weighted by Gasteiger charge is -2.13. The first kappa shape index (κ1) is 14.7. The molecule has 7 heteroatoms. The van der Waals surface area contributed by atoms with E-state index in [-0.39, 0.29) is 19.0 Å². The zero-order valence-electron chi connectivity index (χ0n) is 11.5. The number of hydrogen-bond donors (Lipinski definition) is 2. The molecule has 0 aromatic heterocycles. The second-order valence-electron chi connectivity index (χ2n) is 4.57. The lowest BCUT2D eigenvalue weighted by Crippen LogP contribution is -2.42. The molecule has 4 amide bonds. The van der Waals surface area contributed by atoms with Gasteiger partial charge < -0.3 is 10.6 Å². The van der Waals surface area contributed by atoms with Crippen LogP contribution in [0, 0.1) is 0 Å². The van der Waals surface area contributed by atoms with Gasteiger partial charge in [0.05, 0.1) is 11.1 Å². The highest BCUT2D eigenvalue weighted by Crippen LogP contribution is 2.21. The largest absolute Gasteiger partial charge is 0.355 e. The van der Waals surface area contributed by atoms with Gasteiger partial charge in [0.25, 0.3) is 11.8 Å². The van der Waals surface area contributed by atoms with Crippen molar-refractivity contribution in [2.24, 2.45) is 0 Å². The van der Waals surface area contributed by atoms with Gasteiger partial charge in [-0.1, -0.05) is 12.1 Å². The summed E-state index contributed by atoms with van der Waals surface area (Å²) < 4.78 is 0. The summed E-state index contributed by atoms with van der Waals surface area (Å²) in [5.41, 5.74) is 0.627. The van der Waals surface area contributed by atoms with Crippen LogP contribution in [0.3, 0.4) is 0 Å². The number of carbonyl (C=O) groups is 4. The van der Waals surface area contributed by atoms with Crippen LogP contribution >= 0.6 is 0 Å². The van der Waals surface area contributed by atoms with Gasteiger partial charge in [0, 0.05) is 20.0 Å². The summed E-state index contributed by atoms with van der Waals surface area (Å²) in [5, 5.41) is 5.06. The summed E-state index contributed by atoms with van der Waals surface area (Å²) in [6.45, 7) is 1.58. The van der Waals surface area contributed by atoms with Gasteiger partial charge in [0.2, 0.25) is 11.8 Å². The Kier molecular flexibility index (Phi) is 4.32. The van der Waals surface area contributed by atoms with Crippen molar-refractivity contribution in [3.63, 3.8) is 0 Å². The number of hydrogen-bond acceptors (Lipinski definition) is 4. The number of nitrogens with one attached hydrogen (secondary N) is 2. The zero-order chi connectivity index (χ0) is 15.4. The minimum atomic E-state index is -0.465. The first-order chi connectivity index (χ1) is 10.0. The van der Waals surface area contributed by atoms with E-state index in [9.17, 15) is 19.2 Å². The maximum atomic E-state index is 12.0. The van der Waals surface area contributed by atoms with Crippen LogP contribution in [-0.4, -0.2) is 48.2 Å². The van der Waals surface area contributed by atoms with Gasteiger partial charge in [-0.3, -0.25) is 24.1 Å². The summed E-state index contributed by atoms with van der Waals surface area (Å²) in [7, 11) is 0. The Morgan fingerprint density at radius 1 is 1.00 bits per heavy atom. The summed E-state index contributed by atoms with van der Waals surface area (Å²) in [5.74, 6) is -1.57. The quantitative estimate of drug-likeness (QED) is 0.566. The van der Waals surface area contributed by atoms with Crippen molar-refractivity contribution < 1.29 is 19.2 Å². The first-order valence-electron chi connectivity index (χ1n) is 6.47. The molecule has 0 atom stereocenters. The molecule has 1 aliphatic rings. The Bertz CT molecular complexity index is 577. The van der Waals surface area contributed by atoms with Crippen molar-refractivity contribution in [1.82, 2.24) is 15.5 Å². The number of nitrogens with zero attached hydrogens (tertiary/aromatic N) is 1. The summed E-state index contributed by atoms with van der Waals surface area (Å²) in [4.78, 5) is 47.3. The smallest absolute Gasteiger partial charge is 0.262 e. The van der Waals surface area contributed by atoms with Crippen LogP contribution < -0.4 is 10.6 Å². The average Bonchev–Trinajstić information content (AvgIpc) is 2.69. The third-order valence-corrected chi connectivity index (χ3v) is 3.00. The highest BCUT2D eigenvalue weighted by atomic mass is 16.2. The molecule has 1 aromatic carbocycles. The normalized spacial score (nSPS) is 13.1. The van der Waals surface area contributed by atoms with E-state index in [0.717, 1.165) is 4.90 Å². The molecule has 2 N–H and O–H groups in total. The number of amides is 4. The highest BCUT2D eigenvalue weighted by Gasteiger charge is 2.36. The molecule has 0 aliphatic carbocycles. The van der Waals surface area contributed by atoms with Crippen LogP contribution in [0.4, 0.5) is 0 Å². The van der Waals surface area contributed by atoms with Crippen molar-refractivity contribution in [2.45, 2.75) is 6.92 Å². The monoisotopic (exact) mass is 289 g/mol. The average molecular weight is 289 g/mol. The number of fused-ring (bicyclic) bond motifs is 1. The Balaban J connectivity index is 1.90. The fourth-order valence-electron chi connectivity index (χ4n) is 2.02. The predicted molar refractivity (Wildman–Crippen MR) is 73.5 cm³/mol. The fraction of sp³-hybridized carbons (Fsp3) is 0.286. The van der Waals surface area contributed by atoms with E-state index < -0.39 is 17.7 Å². The van der Waals surface area contributed by atoms with Crippen LogP contribution in [-0.2, 0) is 9.59 Å². The van der Waals surface area contributed by atoms with Gasteiger partial charge in [-0.05, 0) is 12.1 Å². The van der Waals surface area contributed by atoms with Crippen LogP contribution in [0.5, 0.6) is 0 Å². The maximum Gasteiger partial charge on any atom is 0.262 e. The maximum absolute atomic E-state index is 12.0. The molecule has 0 saturated heterocycles. The number of benzene rings is 1. The van der Waals surface area contributed by atoms with Crippen molar-refractivity contribution >= 4 is 23.6 Å². The van der Waals surface area contributed by atoms with Crippen LogP contribution in [0.1, 0.15) is 27.6 Å². The molecule has 1 aliphatic heterocycles. The molecule has 0 unspecified atom stereocenters. The standard InChI is InChI=1S/C14H15N3O4/c1-9(18)15-6-7-16-12(19)8-17-13(20)10-4-2-3-5-11(10)14(17)21/h2-5H,6-8H2,1H3,(H,15,18)(H,16,19). The van der Waals surface area contributed by atoms with Gasteiger partial charge in [0.1, 0.15) is 6.54 Å². The predicted octanol–water partition coefficient (Wildman–Crippen LogP) is -0.465. The van der Waals surface area contributed by atoms with Gasteiger partial charge in [0.15, 0.2) is 0 Å². The Labute approximate surface area is 121 Å². The molecule has 7 nitrogen and oxygen atoms in total. The van der Waals surface area contributed by atoms with Crippen molar-refractivity contribution in [3.05, 3.63) is 35.4 Å². The van der Waals surface area contributed by atoms with E-state index in [1.807, 2.05) is 0 Å². The van der Waals surface area contributed by atoms with E-state index in [4.69, 9.17) is 0 Å². The molecule has 2 rings (SSSR count).